The Kier molecular flexibility index (Phi) is 2.44. The fraction of sp³-hybridized carbons (Fsp3) is 0.500. The van der Waals surface area contributed by atoms with E-state index in [-0.39, 0.29) is 0 Å². The van der Waals surface area contributed by atoms with Crippen molar-refractivity contribution < 1.29 is 14.6 Å². The number of carboxylic acid groups (broad SMARTS) is 1. The molecule has 1 aliphatic carbocycles. The highest BCUT2D eigenvalue weighted by atomic mass is 16.5. The van der Waals surface area contributed by atoms with Crippen LogP contribution in [0.25, 0.3) is 0 Å². The monoisotopic (exact) mass is 232 g/mol. The zero-order chi connectivity index (χ0) is 11.9. The highest BCUT2D eigenvalue weighted by Gasteiger charge is 2.47. The quantitative estimate of drug-likeness (QED) is 0.869. The van der Waals surface area contributed by atoms with E-state index in [2.05, 4.69) is 6.07 Å². The zero-order valence-electron chi connectivity index (χ0n) is 9.69. The Bertz CT molecular complexity index is 445. The summed E-state index contributed by atoms with van der Waals surface area (Å²) in [5.41, 5.74) is 1.58. The molecular weight excluding hydrogens is 216 g/mol. The van der Waals surface area contributed by atoms with E-state index in [1.54, 1.807) is 0 Å². The van der Waals surface area contributed by atoms with Gasteiger partial charge in [0.1, 0.15) is 0 Å². The van der Waals surface area contributed by atoms with E-state index in [0.29, 0.717) is 5.92 Å². The third kappa shape index (κ3) is 1.49. The molecule has 1 heterocycles. The molecule has 2 aliphatic rings. The van der Waals surface area contributed by atoms with Gasteiger partial charge in [-0.15, -0.1) is 0 Å². The van der Waals surface area contributed by atoms with Crippen LogP contribution in [-0.2, 0) is 14.9 Å². The lowest BCUT2D eigenvalue weighted by atomic mass is 9.62. The first kappa shape index (κ1) is 10.8. The molecule has 2 fully saturated rings. The second-order valence-electron chi connectivity index (χ2n) is 5.06. The number of carboxylic acids is 1. The van der Waals surface area contributed by atoms with Gasteiger partial charge in [-0.05, 0) is 24.0 Å². The van der Waals surface area contributed by atoms with Crippen molar-refractivity contribution in [3.8, 4) is 0 Å². The Morgan fingerprint density at radius 3 is 2.47 bits per heavy atom. The lowest BCUT2D eigenvalue weighted by Gasteiger charge is -2.41. The maximum Gasteiger partial charge on any atom is 0.314 e. The van der Waals surface area contributed by atoms with Crippen LogP contribution in [0.1, 0.15) is 36.3 Å². The molecule has 1 aromatic rings. The molecule has 0 spiro atoms. The highest BCUT2D eigenvalue weighted by molar-refractivity contribution is 5.83. The lowest BCUT2D eigenvalue weighted by molar-refractivity contribution is -0.147. The Morgan fingerprint density at radius 2 is 2.00 bits per heavy atom. The van der Waals surface area contributed by atoms with Crippen molar-refractivity contribution in [1.29, 1.82) is 0 Å². The Morgan fingerprint density at radius 1 is 1.29 bits per heavy atom. The van der Waals surface area contributed by atoms with Crippen LogP contribution in [0.15, 0.2) is 24.3 Å². The molecular formula is C14H16O3. The number of rotatable bonds is 3. The molecule has 1 aromatic carbocycles. The summed E-state index contributed by atoms with van der Waals surface area (Å²) in [7, 11) is 0. The third-order valence-corrected chi connectivity index (χ3v) is 4.17. The number of aliphatic carboxylic acids is 1. The van der Waals surface area contributed by atoms with Crippen LogP contribution in [0.4, 0.5) is 0 Å². The van der Waals surface area contributed by atoms with Gasteiger partial charge >= 0.3 is 5.97 Å². The smallest absolute Gasteiger partial charge is 0.314 e. The maximum absolute atomic E-state index is 11.6. The number of hydrogen-bond acceptors (Lipinski definition) is 2. The fourth-order valence-corrected chi connectivity index (χ4v) is 2.83. The van der Waals surface area contributed by atoms with E-state index in [0.717, 1.165) is 38.0 Å². The average molecular weight is 232 g/mol. The normalized spacial score (nSPS) is 22.6. The summed E-state index contributed by atoms with van der Waals surface area (Å²) >= 11 is 0. The zero-order valence-corrected chi connectivity index (χ0v) is 9.69. The van der Waals surface area contributed by atoms with Gasteiger partial charge in [0.25, 0.3) is 0 Å². The van der Waals surface area contributed by atoms with Crippen molar-refractivity contribution in [2.45, 2.75) is 30.6 Å². The van der Waals surface area contributed by atoms with E-state index in [1.807, 2.05) is 18.2 Å². The van der Waals surface area contributed by atoms with E-state index < -0.39 is 11.4 Å². The van der Waals surface area contributed by atoms with Crippen molar-refractivity contribution in [2.75, 3.05) is 13.2 Å². The van der Waals surface area contributed by atoms with Crippen LogP contribution in [-0.4, -0.2) is 24.3 Å². The molecule has 1 N–H and O–H groups in total. The van der Waals surface area contributed by atoms with Gasteiger partial charge in [0, 0.05) is 5.92 Å². The molecule has 3 nitrogen and oxygen atoms in total. The molecule has 0 unspecified atom stereocenters. The van der Waals surface area contributed by atoms with Gasteiger partial charge in [0.2, 0.25) is 0 Å². The summed E-state index contributed by atoms with van der Waals surface area (Å²) in [6.07, 6.45) is 2.56. The summed E-state index contributed by atoms with van der Waals surface area (Å²) < 4.78 is 5.22. The van der Waals surface area contributed by atoms with Crippen molar-refractivity contribution in [3.63, 3.8) is 0 Å². The lowest BCUT2D eigenvalue weighted by Crippen LogP contribution is -2.44. The van der Waals surface area contributed by atoms with E-state index in [4.69, 9.17) is 4.74 Å². The van der Waals surface area contributed by atoms with Crippen molar-refractivity contribution in [2.24, 2.45) is 0 Å². The molecule has 1 saturated carbocycles. The third-order valence-electron chi connectivity index (χ3n) is 4.17. The fourth-order valence-electron chi connectivity index (χ4n) is 2.83. The second kappa shape index (κ2) is 3.84. The predicted octanol–water partition coefficient (Wildman–Crippen LogP) is 2.31. The molecule has 17 heavy (non-hydrogen) atoms. The predicted molar refractivity (Wildman–Crippen MR) is 63.2 cm³/mol. The SMILES string of the molecule is O=C(O)C1(c2ccccc2C2COC2)CCC1. The van der Waals surface area contributed by atoms with Crippen molar-refractivity contribution >= 4 is 5.97 Å². The topological polar surface area (TPSA) is 46.5 Å². The minimum absolute atomic E-state index is 0.392. The molecule has 0 atom stereocenters. The van der Waals surface area contributed by atoms with Gasteiger partial charge < -0.3 is 9.84 Å². The first-order chi connectivity index (χ1) is 8.24. The number of benzene rings is 1. The summed E-state index contributed by atoms with van der Waals surface area (Å²) in [4.78, 5) is 11.6. The van der Waals surface area contributed by atoms with Crippen molar-refractivity contribution in [1.82, 2.24) is 0 Å². The van der Waals surface area contributed by atoms with E-state index in [9.17, 15) is 9.90 Å². The number of hydrogen-bond donors (Lipinski definition) is 1. The molecule has 0 aromatic heterocycles. The van der Waals surface area contributed by atoms with Gasteiger partial charge in [-0.3, -0.25) is 4.79 Å². The molecule has 1 aliphatic heterocycles. The molecule has 0 radical (unpaired) electrons. The highest BCUT2D eigenvalue weighted by Crippen LogP contribution is 2.47. The van der Waals surface area contributed by atoms with Crippen LogP contribution in [0.3, 0.4) is 0 Å². The van der Waals surface area contributed by atoms with Gasteiger partial charge in [0.15, 0.2) is 0 Å². The first-order valence-corrected chi connectivity index (χ1v) is 6.14. The number of carbonyl (C=O) groups is 1. The summed E-state index contributed by atoms with van der Waals surface area (Å²) in [6, 6.07) is 7.99. The molecule has 90 valence electrons. The van der Waals surface area contributed by atoms with Crippen LogP contribution in [0, 0.1) is 0 Å². The van der Waals surface area contributed by atoms with Crippen LogP contribution in [0.5, 0.6) is 0 Å². The Balaban J connectivity index is 2.04. The first-order valence-electron chi connectivity index (χ1n) is 6.14. The van der Waals surface area contributed by atoms with E-state index >= 15 is 0 Å². The summed E-state index contributed by atoms with van der Waals surface area (Å²) in [6.45, 7) is 1.46. The largest absolute Gasteiger partial charge is 0.481 e. The van der Waals surface area contributed by atoms with Gasteiger partial charge in [0.05, 0.1) is 18.6 Å². The summed E-state index contributed by atoms with van der Waals surface area (Å²) in [5.74, 6) is -0.278. The van der Waals surface area contributed by atoms with Crippen molar-refractivity contribution in [3.05, 3.63) is 35.4 Å². The van der Waals surface area contributed by atoms with Crippen LogP contribution in [0.2, 0.25) is 0 Å². The Labute approximate surface area is 100 Å². The number of ether oxygens (including phenoxy) is 1. The minimum atomic E-state index is -0.670. The molecule has 0 amide bonds. The molecule has 1 saturated heterocycles. The molecule has 3 heteroatoms. The van der Waals surface area contributed by atoms with Gasteiger partial charge in [-0.1, -0.05) is 30.7 Å². The standard InChI is InChI=1S/C14H16O3/c15-13(16)14(6-3-7-14)12-5-2-1-4-11(12)10-8-17-9-10/h1-2,4-5,10H,3,6-9H2,(H,15,16). The average Bonchev–Trinajstić information content (AvgIpc) is 2.15. The van der Waals surface area contributed by atoms with Crippen LogP contribution < -0.4 is 0 Å². The molecule has 0 bridgehead atoms. The second-order valence-corrected chi connectivity index (χ2v) is 5.06. The van der Waals surface area contributed by atoms with Gasteiger partial charge in [-0.25, -0.2) is 0 Å². The Hall–Kier alpha value is -1.35. The maximum atomic E-state index is 11.6. The molecule has 3 rings (SSSR count). The summed E-state index contributed by atoms with van der Waals surface area (Å²) in [5, 5.41) is 9.50. The van der Waals surface area contributed by atoms with Crippen LogP contribution >= 0.6 is 0 Å². The minimum Gasteiger partial charge on any atom is -0.481 e. The van der Waals surface area contributed by atoms with E-state index in [1.165, 1.54) is 5.56 Å². The van der Waals surface area contributed by atoms with Gasteiger partial charge in [-0.2, -0.15) is 0 Å².